The van der Waals surface area contributed by atoms with E-state index in [1.54, 1.807) is 24.8 Å². The minimum atomic E-state index is 0.930. The number of nitrogens with zero attached hydrogens (tertiary/aromatic N) is 16. The van der Waals surface area contributed by atoms with Gasteiger partial charge in [0.2, 0.25) is 0 Å². The second kappa shape index (κ2) is 27.7. The summed E-state index contributed by atoms with van der Waals surface area (Å²) in [5.41, 5.74) is 60.4. The lowest BCUT2D eigenvalue weighted by Crippen LogP contribution is -1.96. The number of aromatic nitrogens is 16. The quantitative estimate of drug-likeness (QED) is 0.132. The largest absolute Gasteiger partial charge is 0.274 e. The summed E-state index contributed by atoms with van der Waals surface area (Å²) in [5, 5.41) is 14.5. The van der Waals surface area contributed by atoms with Crippen LogP contribution in [0.3, 0.4) is 0 Å². The number of pyridine rings is 12. The van der Waals surface area contributed by atoms with Gasteiger partial charge < -0.3 is 0 Å². The van der Waals surface area contributed by atoms with Crippen LogP contribution in [0.5, 0.6) is 0 Å². The van der Waals surface area contributed by atoms with E-state index in [1.807, 2.05) is 98.1 Å². The molecular formula is C124H72N16. The summed E-state index contributed by atoms with van der Waals surface area (Å²) in [7, 11) is 0. The molecule has 0 saturated heterocycles. The maximum Gasteiger partial charge on any atom is 0.147 e. The van der Waals surface area contributed by atoms with E-state index in [-0.39, 0.29) is 0 Å². The van der Waals surface area contributed by atoms with Crippen molar-refractivity contribution in [3.8, 4) is 89.0 Å². The van der Waals surface area contributed by atoms with Crippen LogP contribution in [0, 0.1) is 0 Å². The first-order valence-corrected chi connectivity index (χ1v) is 48.2. The minimum absolute atomic E-state index is 0.930. The van der Waals surface area contributed by atoms with Crippen LogP contribution >= 0.6 is 0 Å². The van der Waals surface area contributed by atoms with Crippen molar-refractivity contribution in [1.82, 2.24) is 77.4 Å². The van der Waals surface area contributed by atoms with E-state index in [1.165, 1.54) is 243 Å². The molecule has 0 radical (unpaired) electrons. The van der Waals surface area contributed by atoms with Gasteiger partial charge in [-0.05, 0) is 339 Å². The number of hydrogen-bond acceptors (Lipinski definition) is 12. The van der Waals surface area contributed by atoms with Crippen LogP contribution in [0.2, 0.25) is 0 Å². The molecular weight excluding hydrogens is 1710 g/mol. The molecule has 0 unspecified atom stereocenters. The highest BCUT2D eigenvalue weighted by atomic mass is 15.1. The number of hydrogen-bond donors (Lipinski definition) is 0. The van der Waals surface area contributed by atoms with E-state index in [4.69, 9.17) is 39.9 Å². The van der Waals surface area contributed by atoms with Gasteiger partial charge in [0.1, 0.15) is 45.2 Å². The molecule has 0 amide bonds. The topological polar surface area (TPSA) is 172 Å². The van der Waals surface area contributed by atoms with Gasteiger partial charge in [-0.15, -0.1) is 0 Å². The smallest absolute Gasteiger partial charge is 0.147 e. The molecule has 16 aromatic heterocycles. The zero-order valence-corrected chi connectivity index (χ0v) is 75.1. The fraction of sp³-hybridized carbons (Fsp3) is 0.0645. The van der Waals surface area contributed by atoms with Crippen LogP contribution in [0.15, 0.2) is 341 Å². The Kier molecular flexibility index (Phi) is 14.9. The Labute approximate surface area is 796 Å². The van der Waals surface area contributed by atoms with E-state index in [0.29, 0.717) is 0 Å². The first-order chi connectivity index (χ1) is 69.4. The molecule has 0 N–H and O–H groups in total. The van der Waals surface area contributed by atoms with Gasteiger partial charge in [0, 0.05) is 114 Å². The number of fused-ring (bicyclic) bond motifs is 63. The molecule has 8 aliphatic carbocycles. The normalized spacial score (nSPS) is 13.5. The average molecular weight is 1790 g/mol. The standard InChI is InChI=1S/4C31H18N4/c1-2-5-19-17(4-1)14-24-20(19)8-7-18-15-25-21(28(18)24)9-10-23-29(25)22-6-3-12-33-30(22)35-27-16-32-13-11-26(27)34-31(23)35;1-2-5-19-17(4-1)14-18-7-8-20-21-9-10-23-29(25(21)15-24(20)28(18)19)22-6-3-12-33-30(22)35-27-16-32-13-11-26(27)34-31(23)35;1-2-5-18-17(4-1)14-24-19(18)7-8-20-21-9-10-23-29(26(21)15-25(20)24)22-6-3-12-33-30(22)35-28-16-32-13-11-27(28)34-31(23)35;1-2-5-20-17(4-1)12-18-13-25-19(14-24(18)20)15-26-21(25)7-8-23-29(26)22-6-3-10-33-30(22)35-28-16-32-11-9-27(28)34-31(23)35/h3*1-13,16H,14-15H2;1-11,13-14,16H,12,15H2. The molecule has 648 valence electrons. The monoisotopic (exact) mass is 1780 g/mol. The van der Waals surface area contributed by atoms with Gasteiger partial charge in [-0.2, -0.15) is 0 Å². The Morgan fingerprint density at radius 1 is 0.171 bits per heavy atom. The lowest BCUT2D eigenvalue weighted by Gasteiger charge is -2.13. The van der Waals surface area contributed by atoms with Gasteiger partial charge in [-0.25, -0.2) is 39.9 Å². The molecule has 12 aromatic carbocycles. The van der Waals surface area contributed by atoms with Gasteiger partial charge in [-0.3, -0.25) is 37.5 Å². The second-order valence-electron chi connectivity index (χ2n) is 38.7. The zero-order valence-electron chi connectivity index (χ0n) is 75.1. The number of imidazole rings is 4. The van der Waals surface area contributed by atoms with Crippen LogP contribution in [0.4, 0.5) is 0 Å². The Morgan fingerprint density at radius 2 is 0.443 bits per heavy atom. The van der Waals surface area contributed by atoms with Gasteiger partial charge >= 0.3 is 0 Å². The van der Waals surface area contributed by atoms with Crippen molar-refractivity contribution in [2.45, 2.75) is 51.4 Å². The number of rotatable bonds is 0. The van der Waals surface area contributed by atoms with Gasteiger partial charge in [0.05, 0.1) is 68.9 Å². The molecule has 16 heterocycles. The SMILES string of the molecule is c1ccc2c(c1)Cc1c-2ccc2c1-c1ccc3c(c1C2)c1cccnc1n1c2cnccc2nc31.c1ccc2c(c1)Cc1c-2ccc2c1Cc1c-2ccc2c1c1cccnc1n1c3cnccc3nc21.c1ccc2c(c1)Cc1cc3c(cc1-2)Cc1c-3ccc2c1c1cccnc1n1c3cnccc3nc21.c1ccc2c(c1)Cc1ccc3c(c1-2)Cc1c-3ccc2c1c1cccnc1n1c3cnccc3nc21. The Bertz CT molecular complexity index is 10600. The second-order valence-corrected chi connectivity index (χ2v) is 38.7. The fourth-order valence-electron chi connectivity index (χ4n) is 26.2. The summed E-state index contributed by atoms with van der Waals surface area (Å²) >= 11 is 0. The lowest BCUT2D eigenvalue weighted by atomic mass is 9.93. The molecule has 0 bridgehead atoms. The van der Waals surface area contributed by atoms with Crippen molar-refractivity contribution in [2.75, 3.05) is 0 Å². The molecule has 28 aromatic rings. The summed E-state index contributed by atoms with van der Waals surface area (Å²) in [5.74, 6) is 0. The predicted molar refractivity (Wildman–Crippen MR) is 559 cm³/mol. The van der Waals surface area contributed by atoms with E-state index in [0.717, 1.165) is 141 Å². The minimum Gasteiger partial charge on any atom is -0.274 e. The third-order valence-electron chi connectivity index (χ3n) is 32.0. The molecule has 0 aliphatic heterocycles. The first kappa shape index (κ1) is 75.1. The average Bonchev–Trinajstić information content (AvgIpc) is 1.55. The van der Waals surface area contributed by atoms with Crippen molar-refractivity contribution in [3.05, 3.63) is 430 Å². The highest BCUT2D eigenvalue weighted by Crippen LogP contribution is 2.57. The third kappa shape index (κ3) is 10.1. The van der Waals surface area contributed by atoms with E-state index in [9.17, 15) is 0 Å². The molecule has 36 rings (SSSR count). The van der Waals surface area contributed by atoms with E-state index >= 15 is 0 Å². The predicted octanol–water partition coefficient (Wildman–Crippen LogP) is 26.9. The molecule has 16 heteroatoms. The summed E-state index contributed by atoms with van der Waals surface area (Å²) in [4.78, 5) is 56.9. The Balaban J connectivity index is 0.0000000829. The number of benzene rings is 12. The van der Waals surface area contributed by atoms with Crippen molar-refractivity contribution in [2.24, 2.45) is 0 Å². The van der Waals surface area contributed by atoms with Crippen molar-refractivity contribution in [3.63, 3.8) is 0 Å². The van der Waals surface area contributed by atoms with Crippen molar-refractivity contribution >= 4 is 154 Å². The molecule has 0 saturated carbocycles. The van der Waals surface area contributed by atoms with Gasteiger partial charge in [0.15, 0.2) is 0 Å². The Hall–Kier alpha value is -18.3. The van der Waals surface area contributed by atoms with E-state index < -0.39 is 0 Å². The van der Waals surface area contributed by atoms with Crippen LogP contribution in [-0.4, -0.2) is 77.4 Å². The maximum atomic E-state index is 5.04. The van der Waals surface area contributed by atoms with Gasteiger partial charge in [-0.1, -0.05) is 158 Å². The summed E-state index contributed by atoms with van der Waals surface area (Å²) in [6.07, 6.45) is 30.1. The van der Waals surface area contributed by atoms with Crippen LogP contribution in [0.25, 0.3) is 243 Å². The third-order valence-corrected chi connectivity index (χ3v) is 32.0. The van der Waals surface area contributed by atoms with E-state index in [2.05, 4.69) is 256 Å². The molecule has 8 aliphatic rings. The fourth-order valence-corrected chi connectivity index (χ4v) is 26.2. The molecule has 0 fully saturated rings. The van der Waals surface area contributed by atoms with Crippen LogP contribution < -0.4 is 0 Å². The Morgan fingerprint density at radius 3 is 0.907 bits per heavy atom. The molecule has 16 nitrogen and oxygen atoms in total. The molecule has 0 spiro atoms. The highest BCUT2D eigenvalue weighted by Gasteiger charge is 2.37. The van der Waals surface area contributed by atoms with Crippen molar-refractivity contribution < 1.29 is 0 Å². The van der Waals surface area contributed by atoms with Crippen LogP contribution in [-0.2, 0) is 51.4 Å². The first-order valence-electron chi connectivity index (χ1n) is 48.2. The van der Waals surface area contributed by atoms with Gasteiger partial charge in [0.25, 0.3) is 0 Å². The van der Waals surface area contributed by atoms with Crippen LogP contribution in [0.1, 0.15) is 89.0 Å². The van der Waals surface area contributed by atoms with Crippen molar-refractivity contribution in [1.29, 1.82) is 0 Å². The lowest BCUT2D eigenvalue weighted by molar-refractivity contribution is 1.17. The molecule has 0 atom stereocenters. The zero-order chi connectivity index (χ0) is 90.7. The maximum absolute atomic E-state index is 5.04. The molecule has 140 heavy (non-hydrogen) atoms. The highest BCUT2D eigenvalue weighted by molar-refractivity contribution is 6.22. The summed E-state index contributed by atoms with van der Waals surface area (Å²) < 4.78 is 8.67. The summed E-state index contributed by atoms with van der Waals surface area (Å²) in [6.45, 7) is 0. The summed E-state index contributed by atoms with van der Waals surface area (Å²) in [6, 6.07) is 97.4.